The molecule has 0 aliphatic heterocycles. The van der Waals surface area contributed by atoms with Gasteiger partial charge in [-0.3, -0.25) is 4.79 Å². The van der Waals surface area contributed by atoms with Gasteiger partial charge in [0.2, 0.25) is 10.0 Å². The maximum absolute atomic E-state index is 12.4. The van der Waals surface area contributed by atoms with Crippen molar-refractivity contribution in [1.29, 1.82) is 0 Å². The molecule has 0 spiro atoms. The molecule has 0 aromatic heterocycles. The van der Waals surface area contributed by atoms with Crippen molar-refractivity contribution in [1.82, 2.24) is 10.0 Å². The monoisotopic (exact) mass is 358 g/mol. The van der Waals surface area contributed by atoms with Crippen LogP contribution in [0.3, 0.4) is 0 Å². The van der Waals surface area contributed by atoms with Crippen molar-refractivity contribution < 1.29 is 13.2 Å². The van der Waals surface area contributed by atoms with E-state index in [4.69, 9.17) is 0 Å². The number of hydrogen-bond acceptors (Lipinski definition) is 3. The largest absolute Gasteiger partial charge is 0.351 e. The molecule has 1 aliphatic rings. The fraction of sp³-hybridized carbons (Fsp3) is 0.316. The van der Waals surface area contributed by atoms with Crippen LogP contribution in [-0.2, 0) is 15.4 Å². The summed E-state index contributed by atoms with van der Waals surface area (Å²) in [6.45, 7) is 0.590. The van der Waals surface area contributed by atoms with E-state index < -0.39 is 10.0 Å². The van der Waals surface area contributed by atoms with Gasteiger partial charge in [0.15, 0.2) is 0 Å². The molecule has 132 valence electrons. The second-order valence-electron chi connectivity index (χ2n) is 6.41. The molecule has 2 aromatic rings. The average molecular weight is 358 g/mol. The summed E-state index contributed by atoms with van der Waals surface area (Å²) in [5, 5.41) is 3.01. The van der Waals surface area contributed by atoms with Gasteiger partial charge in [-0.15, -0.1) is 0 Å². The molecule has 0 saturated heterocycles. The first kappa shape index (κ1) is 17.6. The van der Waals surface area contributed by atoms with Crippen LogP contribution < -0.4 is 10.0 Å². The van der Waals surface area contributed by atoms with Crippen molar-refractivity contribution in [2.45, 2.75) is 29.6 Å². The average Bonchev–Trinajstić information content (AvgIpc) is 2.61. The highest BCUT2D eigenvalue weighted by Crippen LogP contribution is 2.43. The summed E-state index contributed by atoms with van der Waals surface area (Å²) >= 11 is 0. The molecular formula is C19H22N2O3S. The summed E-state index contributed by atoms with van der Waals surface area (Å²) in [6.07, 6.45) is 3.30. The highest BCUT2D eigenvalue weighted by molar-refractivity contribution is 7.89. The summed E-state index contributed by atoms with van der Waals surface area (Å²) in [6, 6.07) is 16.2. The van der Waals surface area contributed by atoms with Gasteiger partial charge in [-0.1, -0.05) is 36.8 Å². The van der Waals surface area contributed by atoms with Crippen molar-refractivity contribution >= 4 is 15.9 Å². The minimum atomic E-state index is -3.49. The molecule has 0 unspecified atom stereocenters. The number of hydrogen-bond donors (Lipinski definition) is 2. The van der Waals surface area contributed by atoms with E-state index in [0.29, 0.717) is 12.1 Å². The van der Waals surface area contributed by atoms with Gasteiger partial charge in [-0.2, -0.15) is 0 Å². The van der Waals surface area contributed by atoms with Crippen molar-refractivity contribution in [2.24, 2.45) is 0 Å². The normalized spacial score (nSPS) is 16.0. The lowest BCUT2D eigenvalue weighted by Crippen LogP contribution is -2.45. The third kappa shape index (κ3) is 3.60. The number of benzene rings is 2. The minimum absolute atomic E-state index is 0.0202. The molecule has 0 radical (unpaired) electrons. The zero-order valence-corrected chi connectivity index (χ0v) is 15.0. The lowest BCUT2D eigenvalue weighted by atomic mass is 9.64. The third-order valence-corrected chi connectivity index (χ3v) is 6.41. The Morgan fingerprint density at radius 1 is 1.04 bits per heavy atom. The molecule has 1 fully saturated rings. The van der Waals surface area contributed by atoms with E-state index in [1.54, 1.807) is 0 Å². The van der Waals surface area contributed by atoms with Crippen LogP contribution in [0.5, 0.6) is 0 Å². The van der Waals surface area contributed by atoms with Gasteiger partial charge in [0, 0.05) is 17.5 Å². The fourth-order valence-corrected chi connectivity index (χ4v) is 3.95. The first-order valence-electron chi connectivity index (χ1n) is 8.34. The van der Waals surface area contributed by atoms with E-state index in [1.165, 1.54) is 43.3 Å². The number of carbonyl (C=O) groups is 1. The molecule has 1 aliphatic carbocycles. The Kier molecular flexibility index (Phi) is 4.92. The van der Waals surface area contributed by atoms with Gasteiger partial charge in [-0.05, 0) is 49.7 Å². The Labute approximate surface area is 148 Å². The van der Waals surface area contributed by atoms with E-state index in [0.717, 1.165) is 12.8 Å². The second kappa shape index (κ2) is 6.98. The van der Waals surface area contributed by atoms with Crippen LogP contribution in [0.15, 0.2) is 59.5 Å². The SMILES string of the molecule is CNS(=O)(=O)c1ccc(C(=O)NCC2(c3ccccc3)CCC2)cc1. The maximum atomic E-state index is 12.4. The summed E-state index contributed by atoms with van der Waals surface area (Å²) in [5.41, 5.74) is 1.74. The highest BCUT2D eigenvalue weighted by atomic mass is 32.2. The molecule has 0 bridgehead atoms. The lowest BCUT2D eigenvalue weighted by Gasteiger charge is -2.42. The molecule has 0 atom stereocenters. The van der Waals surface area contributed by atoms with Gasteiger partial charge >= 0.3 is 0 Å². The molecule has 5 nitrogen and oxygen atoms in total. The van der Waals surface area contributed by atoms with Gasteiger partial charge < -0.3 is 5.32 Å². The standard InChI is InChI=1S/C19H22N2O3S/c1-20-25(23,24)17-10-8-15(9-11-17)18(22)21-14-19(12-5-13-19)16-6-3-2-4-7-16/h2-4,6-11,20H,5,12-14H2,1H3,(H,21,22). The maximum Gasteiger partial charge on any atom is 0.251 e. The molecule has 6 heteroatoms. The second-order valence-corrected chi connectivity index (χ2v) is 8.30. The smallest absolute Gasteiger partial charge is 0.251 e. The van der Waals surface area contributed by atoms with Crippen molar-refractivity contribution in [3.05, 3.63) is 65.7 Å². The highest BCUT2D eigenvalue weighted by Gasteiger charge is 2.38. The Morgan fingerprint density at radius 2 is 1.68 bits per heavy atom. The molecular weight excluding hydrogens is 336 g/mol. The van der Waals surface area contributed by atoms with Crippen LogP contribution in [0.4, 0.5) is 0 Å². The topological polar surface area (TPSA) is 75.3 Å². The van der Waals surface area contributed by atoms with Crippen molar-refractivity contribution in [2.75, 3.05) is 13.6 Å². The van der Waals surface area contributed by atoms with Crippen LogP contribution in [-0.4, -0.2) is 27.9 Å². The zero-order valence-electron chi connectivity index (χ0n) is 14.2. The van der Waals surface area contributed by atoms with E-state index in [9.17, 15) is 13.2 Å². The van der Waals surface area contributed by atoms with Crippen molar-refractivity contribution in [3.8, 4) is 0 Å². The summed E-state index contributed by atoms with van der Waals surface area (Å²) in [7, 11) is -2.13. The summed E-state index contributed by atoms with van der Waals surface area (Å²) < 4.78 is 25.7. The molecule has 3 rings (SSSR count). The molecule has 1 saturated carbocycles. The Morgan fingerprint density at radius 3 is 2.20 bits per heavy atom. The lowest BCUT2D eigenvalue weighted by molar-refractivity contribution is 0.0927. The minimum Gasteiger partial charge on any atom is -0.351 e. The molecule has 25 heavy (non-hydrogen) atoms. The quantitative estimate of drug-likeness (QED) is 0.833. The number of carbonyl (C=O) groups excluding carboxylic acids is 1. The first-order valence-corrected chi connectivity index (χ1v) is 9.83. The fourth-order valence-electron chi connectivity index (χ4n) is 3.22. The van der Waals surface area contributed by atoms with Gasteiger partial charge in [0.05, 0.1) is 4.90 Å². The van der Waals surface area contributed by atoms with Crippen LogP contribution in [0.1, 0.15) is 35.2 Å². The van der Waals surface area contributed by atoms with E-state index in [2.05, 4.69) is 22.2 Å². The van der Waals surface area contributed by atoms with Crippen LogP contribution in [0.25, 0.3) is 0 Å². The molecule has 2 N–H and O–H groups in total. The predicted octanol–water partition coefficient (Wildman–Crippen LogP) is 2.45. The third-order valence-electron chi connectivity index (χ3n) is 4.98. The molecule has 2 aromatic carbocycles. The summed E-state index contributed by atoms with van der Waals surface area (Å²) in [5.74, 6) is -0.185. The van der Waals surface area contributed by atoms with Crippen LogP contribution >= 0.6 is 0 Å². The van der Waals surface area contributed by atoms with Crippen LogP contribution in [0, 0.1) is 0 Å². The van der Waals surface area contributed by atoms with E-state index >= 15 is 0 Å². The van der Waals surface area contributed by atoms with Crippen molar-refractivity contribution in [3.63, 3.8) is 0 Å². The predicted molar refractivity (Wildman–Crippen MR) is 97.0 cm³/mol. The number of nitrogens with one attached hydrogen (secondary N) is 2. The van der Waals surface area contributed by atoms with Gasteiger partial charge in [-0.25, -0.2) is 13.1 Å². The molecule has 0 heterocycles. The Hall–Kier alpha value is -2.18. The van der Waals surface area contributed by atoms with Crippen LogP contribution in [0.2, 0.25) is 0 Å². The zero-order chi connectivity index (χ0) is 17.9. The number of sulfonamides is 1. The molecule has 1 amide bonds. The number of amides is 1. The van der Waals surface area contributed by atoms with E-state index in [-0.39, 0.29) is 16.2 Å². The number of rotatable bonds is 6. The Balaban J connectivity index is 1.68. The summed E-state index contributed by atoms with van der Waals surface area (Å²) in [4.78, 5) is 12.6. The van der Waals surface area contributed by atoms with Gasteiger partial charge in [0.1, 0.15) is 0 Å². The first-order chi connectivity index (χ1) is 12.0. The van der Waals surface area contributed by atoms with E-state index in [1.807, 2.05) is 18.2 Å². The Bertz CT molecular complexity index is 842. The van der Waals surface area contributed by atoms with Gasteiger partial charge in [0.25, 0.3) is 5.91 Å².